The first-order valence-electron chi connectivity index (χ1n) is 6.83. The van der Waals surface area contributed by atoms with E-state index in [2.05, 4.69) is 15.5 Å². The van der Waals surface area contributed by atoms with E-state index in [-0.39, 0.29) is 23.5 Å². The molecule has 8 heteroatoms. The van der Waals surface area contributed by atoms with Crippen LogP contribution in [0.25, 0.3) is 0 Å². The second-order valence-electron chi connectivity index (χ2n) is 4.79. The third-order valence-corrected chi connectivity index (χ3v) is 5.10. The molecule has 1 aromatic heterocycles. The predicted molar refractivity (Wildman–Crippen MR) is 82.6 cm³/mol. The molecule has 1 atom stereocenters. The summed E-state index contributed by atoms with van der Waals surface area (Å²) in [4.78, 5) is 12.1. The summed E-state index contributed by atoms with van der Waals surface area (Å²) in [6.45, 7) is 0.574. The Labute approximate surface area is 135 Å². The lowest BCUT2D eigenvalue weighted by molar-refractivity contribution is -0.119. The van der Waals surface area contributed by atoms with Crippen molar-refractivity contribution < 1.29 is 13.9 Å². The van der Waals surface area contributed by atoms with Gasteiger partial charge in [0, 0.05) is 5.56 Å². The molecule has 1 N–H and O–H groups in total. The molecule has 2 heterocycles. The van der Waals surface area contributed by atoms with Crippen molar-refractivity contribution in [3.63, 3.8) is 0 Å². The number of nitrogens with zero attached hydrogens (tertiary/aromatic N) is 2. The molecule has 1 aliphatic rings. The maximum absolute atomic E-state index is 13.5. The van der Waals surface area contributed by atoms with Gasteiger partial charge < -0.3 is 10.1 Å². The van der Waals surface area contributed by atoms with Crippen LogP contribution in [0.3, 0.4) is 0 Å². The van der Waals surface area contributed by atoms with Crippen LogP contribution in [0.1, 0.15) is 24.4 Å². The lowest BCUT2D eigenvalue weighted by atomic mass is 10.0. The Kier molecular flexibility index (Phi) is 4.89. The number of amides is 1. The molecule has 1 amide bonds. The van der Waals surface area contributed by atoms with Gasteiger partial charge in [-0.2, -0.15) is 0 Å². The van der Waals surface area contributed by atoms with Crippen LogP contribution >= 0.6 is 23.1 Å². The second-order valence-corrected chi connectivity index (χ2v) is 6.84. The Balaban J connectivity index is 1.66. The lowest BCUT2D eigenvalue weighted by Crippen LogP contribution is -2.29. The minimum absolute atomic E-state index is 0.109. The van der Waals surface area contributed by atoms with Gasteiger partial charge in [-0.3, -0.25) is 4.79 Å². The molecular weight excluding hydrogens is 325 g/mol. The van der Waals surface area contributed by atoms with Crippen LogP contribution in [0, 0.1) is 5.82 Å². The molecule has 5 nitrogen and oxygen atoms in total. The van der Waals surface area contributed by atoms with Gasteiger partial charge in [-0.1, -0.05) is 23.1 Å². The molecular formula is C14H14FN3O2S2. The Hall–Kier alpha value is -1.67. The quantitative estimate of drug-likeness (QED) is 0.868. The van der Waals surface area contributed by atoms with E-state index >= 15 is 0 Å². The molecule has 0 spiro atoms. The number of benzene rings is 1. The van der Waals surface area contributed by atoms with Crippen LogP contribution in [0.2, 0.25) is 0 Å². The zero-order valence-corrected chi connectivity index (χ0v) is 13.3. The van der Waals surface area contributed by atoms with Gasteiger partial charge in [0.05, 0.1) is 18.4 Å². The van der Waals surface area contributed by atoms with E-state index in [1.165, 1.54) is 35.2 Å². The largest absolute Gasteiger partial charge is 0.493 e. The number of aromatic nitrogens is 2. The molecule has 0 aliphatic carbocycles. The van der Waals surface area contributed by atoms with Crippen LogP contribution in [0.5, 0.6) is 5.75 Å². The number of carbonyl (C=O) groups is 1. The van der Waals surface area contributed by atoms with Crippen molar-refractivity contribution in [2.24, 2.45) is 0 Å². The first kappa shape index (κ1) is 15.2. The zero-order valence-electron chi connectivity index (χ0n) is 11.6. The summed E-state index contributed by atoms with van der Waals surface area (Å²) in [5.74, 6) is 0.465. The van der Waals surface area contributed by atoms with E-state index in [4.69, 9.17) is 4.74 Å². The van der Waals surface area contributed by atoms with Crippen molar-refractivity contribution >= 4 is 29.0 Å². The summed E-state index contributed by atoms with van der Waals surface area (Å²) in [7, 11) is 0. The smallest absolute Gasteiger partial charge is 0.230 e. The SMILES string of the molecule is O=C(CSc1nncs1)NC1CCCOc2ccc(F)cc21. The van der Waals surface area contributed by atoms with E-state index in [9.17, 15) is 9.18 Å². The topological polar surface area (TPSA) is 64.1 Å². The summed E-state index contributed by atoms with van der Waals surface area (Å²) in [6.07, 6.45) is 1.54. The molecule has 0 bridgehead atoms. The Morgan fingerprint density at radius 2 is 2.45 bits per heavy atom. The van der Waals surface area contributed by atoms with Crippen LogP contribution in [-0.2, 0) is 4.79 Å². The molecule has 0 fully saturated rings. The number of fused-ring (bicyclic) bond motifs is 1. The van der Waals surface area contributed by atoms with Gasteiger partial charge in [-0.05, 0) is 31.0 Å². The number of hydrogen-bond donors (Lipinski definition) is 1. The van der Waals surface area contributed by atoms with E-state index in [1.54, 1.807) is 11.6 Å². The molecule has 0 radical (unpaired) electrons. The van der Waals surface area contributed by atoms with E-state index in [0.717, 1.165) is 17.2 Å². The summed E-state index contributed by atoms with van der Waals surface area (Å²) in [5.41, 5.74) is 2.33. The van der Waals surface area contributed by atoms with Crippen molar-refractivity contribution in [1.82, 2.24) is 15.5 Å². The molecule has 22 heavy (non-hydrogen) atoms. The molecule has 1 unspecified atom stereocenters. The zero-order chi connectivity index (χ0) is 15.4. The van der Waals surface area contributed by atoms with Crippen LogP contribution in [0.4, 0.5) is 4.39 Å². The fourth-order valence-electron chi connectivity index (χ4n) is 2.29. The monoisotopic (exact) mass is 339 g/mol. The van der Waals surface area contributed by atoms with Gasteiger partial charge >= 0.3 is 0 Å². The number of rotatable bonds is 4. The van der Waals surface area contributed by atoms with Gasteiger partial charge in [0.2, 0.25) is 5.91 Å². The summed E-state index contributed by atoms with van der Waals surface area (Å²) >= 11 is 2.74. The maximum Gasteiger partial charge on any atom is 0.230 e. The van der Waals surface area contributed by atoms with Crippen LogP contribution < -0.4 is 10.1 Å². The maximum atomic E-state index is 13.5. The van der Waals surface area contributed by atoms with E-state index in [1.807, 2.05) is 0 Å². The highest BCUT2D eigenvalue weighted by molar-refractivity contribution is 8.01. The highest BCUT2D eigenvalue weighted by Gasteiger charge is 2.22. The van der Waals surface area contributed by atoms with Crippen molar-refractivity contribution in [1.29, 1.82) is 0 Å². The number of thioether (sulfide) groups is 1. The molecule has 1 aliphatic heterocycles. The molecule has 0 saturated heterocycles. The Morgan fingerprint density at radius 1 is 1.55 bits per heavy atom. The summed E-state index contributed by atoms with van der Waals surface area (Å²) < 4.78 is 19.8. The number of halogens is 1. The fourth-order valence-corrected chi connectivity index (χ4v) is 3.59. The Bertz CT molecular complexity index is 652. The van der Waals surface area contributed by atoms with Crippen LogP contribution in [0.15, 0.2) is 28.0 Å². The number of ether oxygens (including phenoxy) is 1. The first-order valence-corrected chi connectivity index (χ1v) is 8.69. The number of hydrogen-bond acceptors (Lipinski definition) is 6. The average molecular weight is 339 g/mol. The lowest BCUT2D eigenvalue weighted by Gasteiger charge is -2.18. The third kappa shape index (κ3) is 3.75. The van der Waals surface area contributed by atoms with Gasteiger partial charge in [0.1, 0.15) is 17.1 Å². The molecule has 0 saturated carbocycles. The molecule has 116 valence electrons. The van der Waals surface area contributed by atoms with E-state index in [0.29, 0.717) is 17.9 Å². The highest BCUT2D eigenvalue weighted by Crippen LogP contribution is 2.32. The van der Waals surface area contributed by atoms with Gasteiger partial charge in [-0.15, -0.1) is 10.2 Å². The molecule has 1 aromatic carbocycles. The van der Waals surface area contributed by atoms with Crippen LogP contribution in [-0.4, -0.2) is 28.5 Å². The van der Waals surface area contributed by atoms with Gasteiger partial charge in [-0.25, -0.2) is 4.39 Å². The number of nitrogens with one attached hydrogen (secondary N) is 1. The predicted octanol–water partition coefficient (Wildman–Crippen LogP) is 2.80. The van der Waals surface area contributed by atoms with Gasteiger partial charge in [0.25, 0.3) is 0 Å². The molecule has 3 rings (SSSR count). The second kappa shape index (κ2) is 7.06. The van der Waals surface area contributed by atoms with Crippen molar-refractivity contribution in [3.8, 4) is 5.75 Å². The first-order chi connectivity index (χ1) is 10.7. The minimum Gasteiger partial charge on any atom is -0.493 e. The summed E-state index contributed by atoms with van der Waals surface area (Å²) in [5, 5.41) is 10.6. The normalized spacial score (nSPS) is 17.2. The van der Waals surface area contributed by atoms with Crippen molar-refractivity contribution in [2.75, 3.05) is 12.4 Å². The van der Waals surface area contributed by atoms with Gasteiger partial charge in [0.15, 0.2) is 4.34 Å². The molecule has 2 aromatic rings. The van der Waals surface area contributed by atoms with Crippen molar-refractivity contribution in [3.05, 3.63) is 35.1 Å². The van der Waals surface area contributed by atoms with Crippen molar-refractivity contribution in [2.45, 2.75) is 23.2 Å². The minimum atomic E-state index is -0.327. The summed E-state index contributed by atoms with van der Waals surface area (Å²) in [6, 6.07) is 4.19. The average Bonchev–Trinajstić information content (AvgIpc) is 2.95. The standard InChI is InChI=1S/C14H14FN3O2S2/c15-9-3-4-12-10(6-9)11(2-1-5-20-12)17-13(19)7-21-14-18-16-8-22-14/h3-4,6,8,11H,1-2,5,7H2,(H,17,19). The highest BCUT2D eigenvalue weighted by atomic mass is 32.2. The fraction of sp³-hybridized carbons (Fsp3) is 0.357. The third-order valence-electron chi connectivity index (χ3n) is 3.24. The Morgan fingerprint density at radius 3 is 3.27 bits per heavy atom. The van der Waals surface area contributed by atoms with E-state index < -0.39 is 0 Å². The number of carbonyl (C=O) groups excluding carboxylic acids is 1.